The predicted octanol–water partition coefficient (Wildman–Crippen LogP) is 3.52. The van der Waals surface area contributed by atoms with Crippen LogP contribution in [0.5, 0.6) is 0 Å². The largest absolute Gasteiger partial charge is 0.310 e. The number of rotatable bonds is 5. The number of likely N-dealkylation sites (N-methyl/N-ethyl adjacent to an activating group) is 1. The van der Waals surface area contributed by atoms with Gasteiger partial charge in [0.05, 0.1) is 15.9 Å². The maximum Gasteiger partial charge on any atom is 0.239 e. The van der Waals surface area contributed by atoms with Crippen LogP contribution < -0.4 is 5.32 Å². The number of carbonyl (C=O) groups is 1. The summed E-state index contributed by atoms with van der Waals surface area (Å²) < 4.78 is 0.753. The summed E-state index contributed by atoms with van der Waals surface area (Å²) in [6, 6.07) is 7.16. The second-order valence-electron chi connectivity index (χ2n) is 4.29. The Morgan fingerprint density at radius 2 is 2.15 bits per heavy atom. The van der Waals surface area contributed by atoms with E-state index < -0.39 is 0 Å². The summed E-state index contributed by atoms with van der Waals surface area (Å²) in [5.41, 5.74) is 0. The van der Waals surface area contributed by atoms with Gasteiger partial charge in [-0.25, -0.2) is 4.98 Å². The summed E-state index contributed by atoms with van der Waals surface area (Å²) in [4.78, 5) is 18.9. The van der Waals surface area contributed by atoms with Crippen molar-refractivity contribution in [3.63, 3.8) is 0 Å². The van der Waals surface area contributed by atoms with Crippen molar-refractivity contribution in [1.82, 2.24) is 9.88 Å². The van der Waals surface area contributed by atoms with Crippen LogP contribution in [0.2, 0.25) is 9.36 Å². The molecule has 2 aromatic rings. The highest BCUT2D eigenvalue weighted by atomic mass is 35.5. The van der Waals surface area contributed by atoms with E-state index in [1.165, 1.54) is 17.5 Å². The summed E-state index contributed by atoms with van der Waals surface area (Å²) in [6.07, 6.45) is 1.49. The lowest BCUT2D eigenvalue weighted by molar-refractivity contribution is -0.117. The third-order valence-corrected chi connectivity index (χ3v) is 3.90. The van der Waals surface area contributed by atoms with Gasteiger partial charge in [0.1, 0.15) is 5.82 Å². The summed E-state index contributed by atoms with van der Waals surface area (Å²) in [6.45, 7) is 0.957. The first-order chi connectivity index (χ1) is 9.52. The molecule has 1 amide bonds. The fourth-order valence-electron chi connectivity index (χ4n) is 1.64. The van der Waals surface area contributed by atoms with Crippen LogP contribution in [-0.4, -0.2) is 29.4 Å². The molecular formula is C13H13Cl2N3OS. The molecule has 7 heteroatoms. The standard InChI is InChI=1S/C13H13Cl2N3OS/c1-18(7-10-3-4-11(15)20-10)8-13(19)17-12-5-2-9(14)6-16-12/h2-6H,7-8H2,1H3,(H,16,17,19). The van der Waals surface area contributed by atoms with Crippen LogP contribution in [-0.2, 0) is 11.3 Å². The molecule has 0 aliphatic heterocycles. The molecule has 0 radical (unpaired) electrons. The Kier molecular flexibility index (Phi) is 5.37. The minimum Gasteiger partial charge on any atom is -0.310 e. The Labute approximate surface area is 131 Å². The Bertz CT molecular complexity index is 586. The smallest absolute Gasteiger partial charge is 0.239 e. The number of aromatic nitrogens is 1. The van der Waals surface area contributed by atoms with E-state index in [1.54, 1.807) is 12.1 Å². The van der Waals surface area contributed by atoms with Crippen LogP contribution in [0.1, 0.15) is 4.88 Å². The summed E-state index contributed by atoms with van der Waals surface area (Å²) in [5, 5.41) is 3.25. The summed E-state index contributed by atoms with van der Waals surface area (Å²) in [5.74, 6) is 0.372. The normalized spacial score (nSPS) is 10.8. The number of nitrogens with one attached hydrogen (secondary N) is 1. The van der Waals surface area contributed by atoms with Gasteiger partial charge in [0, 0.05) is 17.6 Å². The molecular weight excluding hydrogens is 317 g/mol. The van der Waals surface area contributed by atoms with Crippen molar-refractivity contribution in [2.75, 3.05) is 18.9 Å². The second-order valence-corrected chi connectivity index (χ2v) is 6.52. The molecule has 1 N–H and O–H groups in total. The van der Waals surface area contributed by atoms with Crippen molar-refractivity contribution in [2.45, 2.75) is 6.54 Å². The first-order valence-corrected chi connectivity index (χ1v) is 7.44. The van der Waals surface area contributed by atoms with E-state index in [0.29, 0.717) is 17.4 Å². The highest BCUT2D eigenvalue weighted by molar-refractivity contribution is 7.16. The zero-order valence-electron chi connectivity index (χ0n) is 10.8. The van der Waals surface area contributed by atoms with E-state index in [2.05, 4.69) is 10.3 Å². The third-order valence-electron chi connectivity index (χ3n) is 2.46. The van der Waals surface area contributed by atoms with Gasteiger partial charge in [-0.15, -0.1) is 11.3 Å². The molecule has 0 spiro atoms. The van der Waals surface area contributed by atoms with Gasteiger partial charge in [0.15, 0.2) is 0 Å². The maximum absolute atomic E-state index is 11.9. The lowest BCUT2D eigenvalue weighted by atomic mass is 10.4. The zero-order chi connectivity index (χ0) is 14.5. The quantitative estimate of drug-likeness (QED) is 0.912. The molecule has 0 saturated heterocycles. The average Bonchev–Trinajstić information content (AvgIpc) is 2.77. The van der Waals surface area contributed by atoms with Crippen molar-refractivity contribution in [3.05, 3.63) is 44.7 Å². The molecule has 0 aromatic carbocycles. The van der Waals surface area contributed by atoms with Crippen molar-refractivity contribution in [3.8, 4) is 0 Å². The van der Waals surface area contributed by atoms with Gasteiger partial charge < -0.3 is 5.32 Å². The van der Waals surface area contributed by atoms with Gasteiger partial charge >= 0.3 is 0 Å². The minimum atomic E-state index is -0.120. The molecule has 2 aromatic heterocycles. The Hall–Kier alpha value is -1.14. The molecule has 2 heterocycles. The number of anilines is 1. The zero-order valence-corrected chi connectivity index (χ0v) is 13.1. The molecule has 0 aliphatic carbocycles. The van der Waals surface area contributed by atoms with Crippen LogP contribution >= 0.6 is 34.5 Å². The number of hydrogen-bond acceptors (Lipinski definition) is 4. The molecule has 4 nitrogen and oxygen atoms in total. The molecule has 20 heavy (non-hydrogen) atoms. The molecule has 0 fully saturated rings. The first-order valence-electron chi connectivity index (χ1n) is 5.87. The van der Waals surface area contributed by atoms with Crippen LogP contribution in [0.15, 0.2) is 30.5 Å². The van der Waals surface area contributed by atoms with Crippen molar-refractivity contribution in [2.24, 2.45) is 0 Å². The Morgan fingerprint density at radius 1 is 1.35 bits per heavy atom. The highest BCUT2D eigenvalue weighted by Crippen LogP contribution is 2.22. The number of hydrogen-bond donors (Lipinski definition) is 1. The van der Waals surface area contributed by atoms with Gasteiger partial charge in [0.25, 0.3) is 0 Å². The summed E-state index contributed by atoms with van der Waals surface area (Å²) >= 11 is 13.1. The molecule has 0 saturated carbocycles. The van der Waals surface area contributed by atoms with Gasteiger partial charge in [-0.05, 0) is 31.3 Å². The number of carbonyl (C=O) groups excluding carboxylic acids is 1. The Balaban J connectivity index is 1.83. The van der Waals surface area contributed by atoms with E-state index in [9.17, 15) is 4.79 Å². The first kappa shape index (κ1) is 15.3. The predicted molar refractivity (Wildman–Crippen MR) is 83.5 cm³/mol. The van der Waals surface area contributed by atoms with E-state index in [1.807, 2.05) is 24.1 Å². The molecule has 0 atom stereocenters. The topological polar surface area (TPSA) is 45.2 Å². The maximum atomic E-state index is 11.9. The molecule has 0 unspecified atom stereocenters. The molecule has 106 valence electrons. The fourth-order valence-corrected chi connectivity index (χ4v) is 2.92. The highest BCUT2D eigenvalue weighted by Gasteiger charge is 2.09. The minimum absolute atomic E-state index is 0.120. The van der Waals surface area contributed by atoms with Gasteiger partial charge in [-0.1, -0.05) is 23.2 Å². The van der Waals surface area contributed by atoms with Gasteiger partial charge in [0.2, 0.25) is 5.91 Å². The van der Waals surface area contributed by atoms with Gasteiger partial charge in [-0.3, -0.25) is 9.69 Å². The van der Waals surface area contributed by atoms with E-state index >= 15 is 0 Å². The lowest BCUT2D eigenvalue weighted by Crippen LogP contribution is -2.29. The average molecular weight is 330 g/mol. The van der Waals surface area contributed by atoms with Crippen molar-refractivity contribution < 1.29 is 4.79 Å². The van der Waals surface area contributed by atoms with E-state index in [-0.39, 0.29) is 12.5 Å². The van der Waals surface area contributed by atoms with Crippen LogP contribution in [0.4, 0.5) is 5.82 Å². The summed E-state index contributed by atoms with van der Waals surface area (Å²) in [7, 11) is 1.88. The second kappa shape index (κ2) is 7.04. The fraction of sp³-hybridized carbons (Fsp3) is 0.231. The van der Waals surface area contributed by atoms with E-state index in [4.69, 9.17) is 23.2 Å². The molecule has 2 rings (SSSR count). The van der Waals surface area contributed by atoms with Crippen molar-refractivity contribution >= 4 is 46.3 Å². The Morgan fingerprint density at radius 3 is 2.75 bits per heavy atom. The monoisotopic (exact) mass is 329 g/mol. The number of halogens is 2. The van der Waals surface area contributed by atoms with E-state index in [0.717, 1.165) is 9.21 Å². The van der Waals surface area contributed by atoms with Crippen LogP contribution in [0.25, 0.3) is 0 Å². The lowest BCUT2D eigenvalue weighted by Gasteiger charge is -2.14. The van der Waals surface area contributed by atoms with Crippen LogP contribution in [0.3, 0.4) is 0 Å². The third kappa shape index (κ3) is 4.76. The number of thiophene rings is 1. The molecule has 0 bridgehead atoms. The molecule has 0 aliphatic rings. The van der Waals surface area contributed by atoms with Crippen LogP contribution in [0, 0.1) is 0 Å². The van der Waals surface area contributed by atoms with Gasteiger partial charge in [-0.2, -0.15) is 0 Å². The van der Waals surface area contributed by atoms with Crippen molar-refractivity contribution in [1.29, 1.82) is 0 Å². The SMILES string of the molecule is CN(CC(=O)Nc1ccc(Cl)cn1)Cc1ccc(Cl)s1. The number of nitrogens with zero attached hydrogens (tertiary/aromatic N) is 2. The number of pyridine rings is 1. The number of amides is 1.